The maximum absolute atomic E-state index is 13.1. The predicted octanol–water partition coefficient (Wildman–Crippen LogP) is 3.86. The fraction of sp³-hybridized carbons (Fsp3) is 0.533. The van der Waals surface area contributed by atoms with Crippen molar-refractivity contribution in [1.29, 1.82) is 0 Å². The van der Waals surface area contributed by atoms with E-state index in [1.165, 1.54) is 38.2 Å². The normalized spacial score (nSPS) is 23.2. The second-order valence-electron chi connectivity index (χ2n) is 5.62. The first-order chi connectivity index (χ1) is 9.67. The topological polar surface area (TPSA) is 24.4 Å². The van der Waals surface area contributed by atoms with Crippen molar-refractivity contribution >= 4 is 16.9 Å². The molecule has 1 aliphatic carbocycles. The minimum Gasteiger partial charge on any atom is -0.359 e. The van der Waals surface area contributed by atoms with Crippen LogP contribution in [0.2, 0.25) is 0 Å². The molecule has 1 aromatic rings. The van der Waals surface area contributed by atoms with Gasteiger partial charge in [-0.1, -0.05) is 37.1 Å². The van der Waals surface area contributed by atoms with E-state index in [2.05, 4.69) is 10.3 Å². The van der Waals surface area contributed by atoms with Crippen LogP contribution >= 0.6 is 11.8 Å². The molecule has 0 unspecified atom stereocenters. The first-order valence-corrected chi connectivity index (χ1v) is 8.05. The largest absolute Gasteiger partial charge is 0.359 e. The molecule has 1 N–H and O–H groups in total. The van der Waals surface area contributed by atoms with E-state index in [1.807, 2.05) is 0 Å². The molecule has 1 spiro atoms. The Morgan fingerprint density at radius 1 is 1.15 bits per heavy atom. The zero-order valence-electron chi connectivity index (χ0n) is 11.3. The van der Waals surface area contributed by atoms with Gasteiger partial charge in [0.05, 0.1) is 6.54 Å². The second-order valence-corrected chi connectivity index (χ2v) is 6.59. The van der Waals surface area contributed by atoms with Crippen molar-refractivity contribution in [3.05, 3.63) is 35.4 Å². The van der Waals surface area contributed by atoms with Gasteiger partial charge >= 0.3 is 0 Å². The number of hydrogen-bond acceptors (Lipinski definition) is 2. The maximum atomic E-state index is 13.1. The Kier molecular flexibility index (Phi) is 3.96. The summed E-state index contributed by atoms with van der Waals surface area (Å²) in [6.07, 6.45) is 6.32. The maximum Gasteiger partial charge on any atom is 0.159 e. The minimum absolute atomic E-state index is 0.232. The van der Waals surface area contributed by atoms with Crippen LogP contribution in [0.15, 0.2) is 23.2 Å². The third kappa shape index (κ3) is 2.97. The first-order valence-electron chi connectivity index (χ1n) is 7.06. The van der Waals surface area contributed by atoms with E-state index in [0.717, 1.165) is 17.0 Å². The van der Waals surface area contributed by atoms with Crippen LogP contribution in [0, 0.1) is 11.6 Å². The number of aliphatic imine (C=N–C) groups is 1. The van der Waals surface area contributed by atoms with Crippen LogP contribution in [0.1, 0.15) is 37.7 Å². The van der Waals surface area contributed by atoms with E-state index >= 15 is 0 Å². The summed E-state index contributed by atoms with van der Waals surface area (Å²) in [5.41, 5.74) is 0.930. The monoisotopic (exact) mass is 296 g/mol. The lowest BCUT2D eigenvalue weighted by Gasteiger charge is -2.32. The van der Waals surface area contributed by atoms with E-state index in [4.69, 9.17) is 0 Å². The number of nitrogens with zero attached hydrogens (tertiary/aromatic N) is 1. The van der Waals surface area contributed by atoms with Gasteiger partial charge in [0.15, 0.2) is 16.8 Å². The zero-order valence-corrected chi connectivity index (χ0v) is 12.1. The highest BCUT2D eigenvalue weighted by Gasteiger charge is 2.37. The van der Waals surface area contributed by atoms with Gasteiger partial charge in [0.25, 0.3) is 0 Å². The van der Waals surface area contributed by atoms with Gasteiger partial charge in [-0.15, -0.1) is 0 Å². The lowest BCUT2D eigenvalue weighted by Crippen LogP contribution is -2.45. The highest BCUT2D eigenvalue weighted by atomic mass is 32.2. The van der Waals surface area contributed by atoms with Crippen molar-refractivity contribution in [1.82, 2.24) is 5.32 Å². The molecule has 1 heterocycles. The number of hydrogen-bond donors (Lipinski definition) is 1. The molecule has 1 saturated carbocycles. The third-order valence-electron chi connectivity index (χ3n) is 4.06. The fourth-order valence-corrected chi connectivity index (χ4v) is 4.11. The Labute approximate surface area is 122 Å². The molecule has 0 aromatic heterocycles. The van der Waals surface area contributed by atoms with Crippen molar-refractivity contribution < 1.29 is 8.78 Å². The number of rotatable bonds is 2. The molecule has 0 bridgehead atoms. The molecule has 1 aliphatic heterocycles. The minimum atomic E-state index is -0.809. The van der Waals surface area contributed by atoms with Crippen LogP contribution < -0.4 is 5.32 Å². The van der Waals surface area contributed by atoms with Gasteiger partial charge in [-0.25, -0.2) is 8.78 Å². The van der Waals surface area contributed by atoms with Crippen molar-refractivity contribution in [3.63, 3.8) is 0 Å². The van der Waals surface area contributed by atoms with Gasteiger partial charge in [-0.2, -0.15) is 0 Å². The van der Waals surface area contributed by atoms with Crippen LogP contribution in [-0.2, 0) is 6.54 Å². The molecular formula is C15H18F2N2S. The Morgan fingerprint density at radius 2 is 1.95 bits per heavy atom. The molecule has 2 aliphatic rings. The molecule has 2 fully saturated rings. The molecule has 1 aromatic carbocycles. The van der Waals surface area contributed by atoms with Crippen LogP contribution in [0.3, 0.4) is 0 Å². The molecule has 0 atom stereocenters. The summed E-state index contributed by atoms with van der Waals surface area (Å²) in [4.78, 5) is 4.49. The van der Waals surface area contributed by atoms with E-state index < -0.39 is 11.6 Å². The summed E-state index contributed by atoms with van der Waals surface area (Å²) in [5, 5.41) is 4.49. The summed E-state index contributed by atoms with van der Waals surface area (Å²) in [6, 6.07) is 3.95. The highest BCUT2D eigenvalue weighted by Crippen LogP contribution is 2.36. The summed E-state index contributed by atoms with van der Waals surface area (Å²) < 4.78 is 26.0. The van der Waals surface area contributed by atoms with E-state index in [-0.39, 0.29) is 5.54 Å². The molecule has 2 nitrogen and oxygen atoms in total. The number of nitrogens with one attached hydrogen (secondary N) is 1. The molecule has 20 heavy (non-hydrogen) atoms. The van der Waals surface area contributed by atoms with Gasteiger partial charge in [0.2, 0.25) is 0 Å². The van der Waals surface area contributed by atoms with Crippen LogP contribution in [0.25, 0.3) is 0 Å². The standard InChI is InChI=1S/C15H18F2N2S/c16-12-5-4-11(8-13(12)17)9-18-14-19-15(10-20-14)6-2-1-3-7-15/h4-5,8H,1-3,6-7,9-10H2,(H,18,19). The molecule has 5 heteroatoms. The molecule has 3 rings (SSSR count). The Bertz CT molecular complexity index is 525. The number of amidine groups is 1. The van der Waals surface area contributed by atoms with Gasteiger partial charge in [0, 0.05) is 11.3 Å². The SMILES string of the molecule is Fc1ccc(CN=C2NC3(CCCCC3)CS2)cc1F. The van der Waals surface area contributed by atoms with Crippen LogP contribution in [0.4, 0.5) is 8.78 Å². The molecule has 108 valence electrons. The molecule has 0 radical (unpaired) electrons. The zero-order chi connectivity index (χ0) is 14.0. The van der Waals surface area contributed by atoms with E-state index in [9.17, 15) is 8.78 Å². The quantitative estimate of drug-likeness (QED) is 0.896. The molecule has 0 amide bonds. The average molecular weight is 296 g/mol. The lowest BCUT2D eigenvalue weighted by molar-refractivity contribution is 0.303. The van der Waals surface area contributed by atoms with Gasteiger partial charge in [-0.3, -0.25) is 4.99 Å². The Morgan fingerprint density at radius 3 is 2.70 bits per heavy atom. The number of benzene rings is 1. The van der Waals surface area contributed by atoms with Crippen molar-refractivity contribution in [2.75, 3.05) is 5.75 Å². The summed E-state index contributed by atoms with van der Waals surface area (Å²) >= 11 is 1.75. The second kappa shape index (κ2) is 5.72. The smallest absolute Gasteiger partial charge is 0.159 e. The number of halogens is 2. The fourth-order valence-electron chi connectivity index (χ4n) is 2.89. The number of thioether (sulfide) groups is 1. The first kappa shape index (κ1) is 13.9. The molecule has 1 saturated heterocycles. The Balaban J connectivity index is 1.63. The van der Waals surface area contributed by atoms with Crippen molar-refractivity contribution in [2.45, 2.75) is 44.2 Å². The summed E-state index contributed by atoms with van der Waals surface area (Å²) in [7, 11) is 0. The lowest BCUT2D eigenvalue weighted by atomic mass is 9.83. The van der Waals surface area contributed by atoms with Gasteiger partial charge < -0.3 is 5.32 Å². The van der Waals surface area contributed by atoms with E-state index in [1.54, 1.807) is 17.8 Å². The van der Waals surface area contributed by atoms with Crippen LogP contribution in [0.5, 0.6) is 0 Å². The average Bonchev–Trinajstić information content (AvgIpc) is 2.84. The van der Waals surface area contributed by atoms with Crippen molar-refractivity contribution in [2.24, 2.45) is 4.99 Å². The summed E-state index contributed by atoms with van der Waals surface area (Å²) in [5.74, 6) is -0.543. The highest BCUT2D eigenvalue weighted by molar-refractivity contribution is 8.14. The van der Waals surface area contributed by atoms with E-state index in [0.29, 0.717) is 12.1 Å². The third-order valence-corrected chi connectivity index (χ3v) is 5.26. The van der Waals surface area contributed by atoms with Gasteiger partial charge in [-0.05, 0) is 30.5 Å². The van der Waals surface area contributed by atoms with Crippen molar-refractivity contribution in [3.8, 4) is 0 Å². The Hall–Kier alpha value is -1.10. The summed E-state index contributed by atoms with van der Waals surface area (Å²) in [6.45, 7) is 0.391. The van der Waals surface area contributed by atoms with Crippen LogP contribution in [-0.4, -0.2) is 16.5 Å². The molecular weight excluding hydrogens is 278 g/mol. The predicted molar refractivity (Wildman–Crippen MR) is 78.9 cm³/mol. The van der Waals surface area contributed by atoms with Gasteiger partial charge in [0.1, 0.15) is 0 Å².